The molecule has 0 fully saturated rings. The lowest BCUT2D eigenvalue weighted by Crippen LogP contribution is -2.06. The van der Waals surface area contributed by atoms with Crippen LogP contribution in [-0.4, -0.2) is 35.7 Å². The number of aromatic nitrogens is 2. The molecule has 0 radical (unpaired) electrons. The molecule has 27 heavy (non-hydrogen) atoms. The molecule has 2 aromatic heterocycles. The van der Waals surface area contributed by atoms with Gasteiger partial charge in [-0.1, -0.05) is 11.8 Å². The zero-order valence-electron chi connectivity index (χ0n) is 15.3. The van der Waals surface area contributed by atoms with Gasteiger partial charge in [0.25, 0.3) is 0 Å². The summed E-state index contributed by atoms with van der Waals surface area (Å²) in [5.41, 5.74) is 1.91. The topological polar surface area (TPSA) is 61.3 Å². The highest BCUT2D eigenvalue weighted by molar-refractivity contribution is 8.00. The van der Waals surface area contributed by atoms with Gasteiger partial charge in [0, 0.05) is 10.3 Å². The van der Waals surface area contributed by atoms with Gasteiger partial charge in [0.05, 0.1) is 25.5 Å². The van der Waals surface area contributed by atoms with Crippen LogP contribution >= 0.6 is 23.1 Å². The lowest BCUT2D eigenvalue weighted by molar-refractivity contribution is 0.101. The Bertz CT molecular complexity index is 1000. The van der Waals surface area contributed by atoms with E-state index in [1.807, 2.05) is 0 Å². The van der Waals surface area contributed by atoms with E-state index < -0.39 is 0 Å². The molecule has 0 unspecified atom stereocenters. The van der Waals surface area contributed by atoms with Crippen molar-refractivity contribution < 1.29 is 14.3 Å². The molecule has 2 heterocycles. The number of carbonyl (C=O) groups is 1. The van der Waals surface area contributed by atoms with Gasteiger partial charge in [-0.3, -0.25) is 4.79 Å². The Morgan fingerprint density at radius 1 is 1.19 bits per heavy atom. The first-order valence-corrected chi connectivity index (χ1v) is 10.6. The van der Waals surface area contributed by atoms with Gasteiger partial charge in [-0.15, -0.1) is 11.3 Å². The molecule has 1 aliphatic carbocycles. The minimum absolute atomic E-state index is 0.00777. The number of ether oxygens (including phenoxy) is 2. The number of nitrogens with zero attached hydrogens (tertiary/aromatic N) is 2. The van der Waals surface area contributed by atoms with Gasteiger partial charge in [0.2, 0.25) is 0 Å². The Kier molecular flexibility index (Phi) is 5.31. The smallest absolute Gasteiger partial charge is 0.176 e. The summed E-state index contributed by atoms with van der Waals surface area (Å²) in [4.78, 5) is 24.2. The van der Waals surface area contributed by atoms with E-state index >= 15 is 0 Å². The summed E-state index contributed by atoms with van der Waals surface area (Å²) < 4.78 is 10.6. The number of thioether (sulfide) groups is 1. The molecule has 0 saturated carbocycles. The van der Waals surface area contributed by atoms with E-state index in [-0.39, 0.29) is 5.78 Å². The quantitative estimate of drug-likeness (QED) is 0.343. The largest absolute Gasteiger partial charge is 0.497 e. The van der Waals surface area contributed by atoms with Crippen molar-refractivity contribution in [2.75, 3.05) is 20.0 Å². The number of hydrogen-bond acceptors (Lipinski definition) is 7. The molecule has 0 atom stereocenters. The van der Waals surface area contributed by atoms with Crippen molar-refractivity contribution >= 4 is 39.1 Å². The fourth-order valence-corrected chi connectivity index (χ4v) is 5.62. The number of rotatable bonds is 6. The van der Waals surface area contributed by atoms with Crippen LogP contribution in [0.4, 0.5) is 0 Å². The molecular formula is C20H20N2O3S2. The van der Waals surface area contributed by atoms with Crippen LogP contribution in [0.25, 0.3) is 10.2 Å². The normalized spacial score (nSPS) is 13.4. The van der Waals surface area contributed by atoms with Crippen LogP contribution < -0.4 is 9.47 Å². The number of carbonyl (C=O) groups excluding carboxylic acids is 1. The lowest BCUT2D eigenvalue weighted by Gasteiger charge is -2.12. The van der Waals surface area contributed by atoms with Gasteiger partial charge >= 0.3 is 0 Å². The van der Waals surface area contributed by atoms with Crippen molar-refractivity contribution in [3.05, 3.63) is 40.5 Å². The van der Waals surface area contributed by atoms with Crippen molar-refractivity contribution in [2.45, 2.75) is 30.7 Å². The van der Waals surface area contributed by atoms with Crippen molar-refractivity contribution in [2.24, 2.45) is 0 Å². The molecule has 3 aromatic rings. The minimum atomic E-state index is -0.00777. The van der Waals surface area contributed by atoms with E-state index in [1.54, 1.807) is 50.1 Å². The SMILES string of the molecule is COc1ccc(OC)c(C(=O)CSc2ncnc3sc4c(c23)CCCC4)c1. The molecule has 7 heteroatoms. The van der Waals surface area contributed by atoms with E-state index in [0.29, 0.717) is 22.8 Å². The first-order chi connectivity index (χ1) is 13.2. The van der Waals surface area contributed by atoms with Crippen molar-refractivity contribution in [1.82, 2.24) is 9.97 Å². The first-order valence-electron chi connectivity index (χ1n) is 8.84. The Labute approximate surface area is 166 Å². The van der Waals surface area contributed by atoms with E-state index in [2.05, 4.69) is 9.97 Å². The second-order valence-corrected chi connectivity index (χ2v) is 8.40. The highest BCUT2D eigenvalue weighted by Crippen LogP contribution is 2.39. The third-order valence-electron chi connectivity index (χ3n) is 4.76. The second kappa shape index (κ2) is 7.86. The fourth-order valence-electron chi connectivity index (χ4n) is 3.41. The minimum Gasteiger partial charge on any atom is -0.497 e. The van der Waals surface area contributed by atoms with E-state index in [9.17, 15) is 4.79 Å². The summed E-state index contributed by atoms with van der Waals surface area (Å²) in [5.74, 6) is 1.48. The van der Waals surface area contributed by atoms with Gasteiger partial charge in [-0.2, -0.15) is 0 Å². The molecule has 140 valence electrons. The molecular weight excluding hydrogens is 380 g/mol. The van der Waals surface area contributed by atoms with Gasteiger partial charge < -0.3 is 9.47 Å². The zero-order valence-corrected chi connectivity index (χ0v) is 16.9. The van der Waals surface area contributed by atoms with E-state index in [0.717, 1.165) is 28.1 Å². The van der Waals surface area contributed by atoms with Crippen LogP contribution in [0.1, 0.15) is 33.6 Å². The van der Waals surface area contributed by atoms with Crippen LogP contribution in [0.5, 0.6) is 11.5 Å². The highest BCUT2D eigenvalue weighted by atomic mass is 32.2. The first kappa shape index (κ1) is 18.3. The summed E-state index contributed by atoms with van der Waals surface area (Å²) >= 11 is 3.24. The number of methoxy groups -OCH3 is 2. The number of Topliss-reactive ketones (excluding diaryl/α,β-unsaturated/α-hetero) is 1. The maximum Gasteiger partial charge on any atom is 0.176 e. The molecule has 4 rings (SSSR count). The number of ketones is 1. The second-order valence-electron chi connectivity index (χ2n) is 6.35. The summed E-state index contributed by atoms with van der Waals surface area (Å²) in [5, 5.41) is 2.04. The molecule has 0 saturated heterocycles. The Hall–Kier alpha value is -2.12. The monoisotopic (exact) mass is 400 g/mol. The zero-order chi connectivity index (χ0) is 18.8. The molecule has 0 N–H and O–H groups in total. The van der Waals surface area contributed by atoms with Gasteiger partial charge in [0.1, 0.15) is 27.7 Å². The number of thiophene rings is 1. The Balaban J connectivity index is 1.61. The Morgan fingerprint density at radius 2 is 2.04 bits per heavy atom. The maximum atomic E-state index is 12.8. The summed E-state index contributed by atoms with van der Waals surface area (Å²) in [6.45, 7) is 0. The van der Waals surface area contributed by atoms with Crippen molar-refractivity contribution in [3.8, 4) is 11.5 Å². The van der Waals surface area contributed by atoms with E-state index in [4.69, 9.17) is 9.47 Å². The molecule has 5 nitrogen and oxygen atoms in total. The average Bonchev–Trinajstić information content (AvgIpc) is 3.10. The van der Waals surface area contributed by atoms with Crippen LogP contribution in [0.3, 0.4) is 0 Å². The Morgan fingerprint density at radius 3 is 2.85 bits per heavy atom. The number of benzene rings is 1. The summed E-state index contributed by atoms with van der Waals surface area (Å²) in [6, 6.07) is 5.27. The molecule has 1 aromatic carbocycles. The average molecular weight is 401 g/mol. The van der Waals surface area contributed by atoms with Crippen LogP contribution in [0, 0.1) is 0 Å². The number of hydrogen-bond donors (Lipinski definition) is 0. The standard InChI is InChI=1S/C20H20N2O3S2/c1-24-12-7-8-16(25-2)14(9-12)15(23)10-26-19-18-13-5-3-4-6-17(13)27-20(18)22-11-21-19/h7-9,11H,3-6,10H2,1-2H3. The third kappa shape index (κ3) is 3.53. The summed E-state index contributed by atoms with van der Waals surface area (Å²) in [7, 11) is 3.15. The van der Waals surface area contributed by atoms with Crippen LogP contribution in [-0.2, 0) is 12.8 Å². The van der Waals surface area contributed by atoms with Gasteiger partial charge in [-0.25, -0.2) is 9.97 Å². The predicted octanol–water partition coefficient (Wildman–Crippen LogP) is 4.56. The third-order valence-corrected chi connectivity index (χ3v) is 6.95. The van der Waals surface area contributed by atoms with E-state index in [1.165, 1.54) is 35.0 Å². The lowest BCUT2D eigenvalue weighted by atomic mass is 9.97. The van der Waals surface area contributed by atoms with Gasteiger partial charge in [0.15, 0.2) is 5.78 Å². The fraction of sp³-hybridized carbons (Fsp3) is 0.350. The van der Waals surface area contributed by atoms with Crippen molar-refractivity contribution in [1.29, 1.82) is 0 Å². The molecule has 0 amide bonds. The number of aryl methyl sites for hydroxylation is 2. The molecule has 1 aliphatic rings. The molecule has 0 spiro atoms. The molecule has 0 aliphatic heterocycles. The van der Waals surface area contributed by atoms with Crippen molar-refractivity contribution in [3.63, 3.8) is 0 Å². The van der Waals surface area contributed by atoms with Gasteiger partial charge in [-0.05, 0) is 49.4 Å². The summed E-state index contributed by atoms with van der Waals surface area (Å²) in [6.07, 6.45) is 6.25. The number of fused-ring (bicyclic) bond motifs is 3. The highest BCUT2D eigenvalue weighted by Gasteiger charge is 2.21. The van der Waals surface area contributed by atoms with Crippen LogP contribution in [0.2, 0.25) is 0 Å². The molecule has 0 bridgehead atoms. The van der Waals surface area contributed by atoms with Crippen LogP contribution in [0.15, 0.2) is 29.6 Å². The maximum absolute atomic E-state index is 12.8. The predicted molar refractivity (Wildman–Crippen MR) is 109 cm³/mol.